The summed E-state index contributed by atoms with van der Waals surface area (Å²) >= 11 is 0. The van der Waals surface area contributed by atoms with E-state index in [0.29, 0.717) is 11.3 Å². The van der Waals surface area contributed by atoms with Gasteiger partial charge in [0.2, 0.25) is 0 Å². The number of para-hydroxylation sites is 1. The first-order valence-electron chi connectivity index (χ1n) is 8.77. The van der Waals surface area contributed by atoms with Crippen molar-refractivity contribution < 1.29 is 23.9 Å². The van der Waals surface area contributed by atoms with Crippen LogP contribution in [0.3, 0.4) is 0 Å². The summed E-state index contributed by atoms with van der Waals surface area (Å²) in [5.74, 6) is -1.96. The Kier molecular flexibility index (Phi) is 5.45. The number of hydrogen-bond donors (Lipinski definition) is 2. The van der Waals surface area contributed by atoms with E-state index < -0.39 is 23.8 Å². The summed E-state index contributed by atoms with van der Waals surface area (Å²) in [4.78, 5) is 49.5. The number of carbonyl (C=O) groups is 4. The molecular formula is C21H19N3O5. The van der Waals surface area contributed by atoms with Crippen LogP contribution in [0.5, 0.6) is 5.75 Å². The number of hydrogen-bond acceptors (Lipinski definition) is 5. The van der Waals surface area contributed by atoms with Gasteiger partial charge in [0.05, 0.1) is 5.69 Å². The number of anilines is 1. The predicted molar refractivity (Wildman–Crippen MR) is 106 cm³/mol. The number of benzene rings is 2. The minimum atomic E-state index is -0.821. The monoisotopic (exact) mass is 393 g/mol. The molecule has 3 rings (SSSR count). The second-order valence-electron chi connectivity index (χ2n) is 6.52. The Labute approximate surface area is 166 Å². The van der Waals surface area contributed by atoms with E-state index >= 15 is 0 Å². The summed E-state index contributed by atoms with van der Waals surface area (Å²) < 4.78 is 5.33. The maximum atomic E-state index is 13.0. The van der Waals surface area contributed by atoms with Gasteiger partial charge in [-0.3, -0.25) is 19.7 Å². The highest BCUT2D eigenvalue weighted by atomic mass is 16.5. The number of nitrogens with one attached hydrogen (secondary N) is 1. The summed E-state index contributed by atoms with van der Waals surface area (Å²) in [7, 11) is 0. The fraction of sp³-hybridized carbons (Fsp3) is 0.143. The van der Waals surface area contributed by atoms with Gasteiger partial charge in [-0.2, -0.15) is 0 Å². The summed E-state index contributed by atoms with van der Waals surface area (Å²) in [5, 5.41) is 2.18. The third-order valence-corrected chi connectivity index (χ3v) is 4.44. The van der Waals surface area contributed by atoms with Crippen LogP contribution in [-0.2, 0) is 14.4 Å². The third kappa shape index (κ3) is 4.16. The average Bonchev–Trinajstić information content (AvgIpc) is 2.66. The predicted octanol–water partition coefficient (Wildman–Crippen LogP) is 1.83. The summed E-state index contributed by atoms with van der Waals surface area (Å²) in [5.41, 5.74) is 7.51. The van der Waals surface area contributed by atoms with E-state index in [0.717, 1.165) is 16.0 Å². The zero-order chi connectivity index (χ0) is 21.1. The van der Waals surface area contributed by atoms with Gasteiger partial charge in [0, 0.05) is 5.56 Å². The number of imide groups is 2. The lowest BCUT2D eigenvalue weighted by atomic mass is 10.0. The molecule has 0 atom stereocenters. The number of aryl methyl sites for hydroxylation is 2. The molecule has 8 nitrogen and oxygen atoms in total. The molecule has 8 heteroatoms. The number of urea groups is 1. The first-order valence-corrected chi connectivity index (χ1v) is 8.77. The van der Waals surface area contributed by atoms with Crippen LogP contribution in [-0.4, -0.2) is 30.4 Å². The summed E-state index contributed by atoms with van der Waals surface area (Å²) in [6.45, 7) is 3.42. The van der Waals surface area contributed by atoms with Crippen LogP contribution < -0.4 is 20.7 Å². The van der Waals surface area contributed by atoms with Crippen molar-refractivity contribution in [3.8, 4) is 5.75 Å². The number of rotatable bonds is 5. The zero-order valence-electron chi connectivity index (χ0n) is 15.9. The highest BCUT2D eigenvalue weighted by Crippen LogP contribution is 2.26. The Morgan fingerprint density at radius 3 is 2.52 bits per heavy atom. The van der Waals surface area contributed by atoms with Crippen molar-refractivity contribution in [2.24, 2.45) is 5.73 Å². The molecule has 0 unspecified atom stereocenters. The van der Waals surface area contributed by atoms with E-state index in [1.807, 2.05) is 13.8 Å². The lowest BCUT2D eigenvalue weighted by Crippen LogP contribution is -2.54. The van der Waals surface area contributed by atoms with E-state index in [1.54, 1.807) is 42.5 Å². The number of carbonyl (C=O) groups excluding carboxylic acids is 4. The molecule has 1 aliphatic heterocycles. The third-order valence-electron chi connectivity index (χ3n) is 4.44. The molecule has 148 valence electrons. The number of nitrogens with two attached hydrogens (primary N) is 1. The lowest BCUT2D eigenvalue weighted by molar-refractivity contribution is -0.123. The Hall–Kier alpha value is -3.94. The number of nitrogens with zero attached hydrogens (tertiary/aromatic N) is 1. The normalized spacial score (nSPS) is 15.4. The van der Waals surface area contributed by atoms with Crippen molar-refractivity contribution in [2.45, 2.75) is 13.8 Å². The molecule has 1 heterocycles. The molecule has 0 aromatic heterocycles. The van der Waals surface area contributed by atoms with Crippen LogP contribution >= 0.6 is 0 Å². The summed E-state index contributed by atoms with van der Waals surface area (Å²) in [6, 6.07) is 10.8. The molecule has 0 bridgehead atoms. The molecule has 1 fully saturated rings. The Morgan fingerprint density at radius 1 is 1.10 bits per heavy atom. The van der Waals surface area contributed by atoms with Crippen molar-refractivity contribution >= 4 is 35.5 Å². The van der Waals surface area contributed by atoms with Gasteiger partial charge >= 0.3 is 6.03 Å². The highest BCUT2D eigenvalue weighted by molar-refractivity contribution is 6.39. The van der Waals surface area contributed by atoms with Gasteiger partial charge in [0.1, 0.15) is 11.3 Å². The number of primary amides is 1. The Bertz CT molecular complexity index is 1060. The van der Waals surface area contributed by atoms with Gasteiger partial charge in [-0.1, -0.05) is 24.3 Å². The van der Waals surface area contributed by atoms with Crippen LogP contribution in [0, 0.1) is 13.8 Å². The zero-order valence-corrected chi connectivity index (χ0v) is 15.9. The molecule has 0 saturated carbocycles. The molecule has 29 heavy (non-hydrogen) atoms. The molecule has 5 amide bonds. The van der Waals surface area contributed by atoms with Crippen LogP contribution in [0.1, 0.15) is 16.7 Å². The molecule has 0 spiro atoms. The first kappa shape index (κ1) is 19.8. The van der Waals surface area contributed by atoms with E-state index in [1.165, 1.54) is 6.08 Å². The van der Waals surface area contributed by atoms with Crippen molar-refractivity contribution in [1.29, 1.82) is 0 Å². The van der Waals surface area contributed by atoms with Crippen molar-refractivity contribution in [1.82, 2.24) is 5.32 Å². The Morgan fingerprint density at radius 2 is 1.83 bits per heavy atom. The van der Waals surface area contributed by atoms with Crippen molar-refractivity contribution in [3.05, 3.63) is 64.7 Å². The van der Waals surface area contributed by atoms with Gasteiger partial charge in [-0.15, -0.1) is 0 Å². The number of ether oxygens (including phenoxy) is 1. The number of barbiturate groups is 1. The van der Waals surface area contributed by atoms with Crippen LogP contribution in [0.2, 0.25) is 0 Å². The van der Waals surface area contributed by atoms with Gasteiger partial charge in [0.15, 0.2) is 6.61 Å². The van der Waals surface area contributed by atoms with E-state index in [4.69, 9.17) is 10.5 Å². The molecule has 0 radical (unpaired) electrons. The molecule has 1 aliphatic rings. The van der Waals surface area contributed by atoms with Crippen LogP contribution in [0.4, 0.5) is 10.5 Å². The number of amides is 5. The van der Waals surface area contributed by atoms with Crippen LogP contribution in [0.15, 0.2) is 48.0 Å². The second kappa shape index (κ2) is 7.97. The minimum Gasteiger partial charge on any atom is -0.483 e. The lowest BCUT2D eigenvalue weighted by Gasteiger charge is -2.27. The van der Waals surface area contributed by atoms with E-state index in [9.17, 15) is 19.2 Å². The fourth-order valence-corrected chi connectivity index (χ4v) is 2.79. The minimum absolute atomic E-state index is 0.238. The standard InChI is InChI=1S/C21H19N3O5/c1-12-7-8-15(9-13(12)2)24-20(27)16(19(26)23-21(24)28)10-14-5-3-4-6-17(14)29-11-18(22)25/h3-10H,11H2,1-2H3,(H2,22,25)(H,23,26,28)/b16-10+. The quantitative estimate of drug-likeness (QED) is 0.593. The largest absolute Gasteiger partial charge is 0.483 e. The topological polar surface area (TPSA) is 119 Å². The van der Waals surface area contributed by atoms with Crippen LogP contribution in [0.25, 0.3) is 6.08 Å². The maximum absolute atomic E-state index is 13.0. The van der Waals surface area contributed by atoms with E-state index in [-0.39, 0.29) is 17.9 Å². The average molecular weight is 393 g/mol. The molecular weight excluding hydrogens is 374 g/mol. The fourth-order valence-electron chi connectivity index (χ4n) is 2.79. The smallest absolute Gasteiger partial charge is 0.335 e. The van der Waals surface area contributed by atoms with Gasteiger partial charge in [-0.05, 0) is 49.2 Å². The van der Waals surface area contributed by atoms with Gasteiger partial charge in [0.25, 0.3) is 17.7 Å². The maximum Gasteiger partial charge on any atom is 0.335 e. The van der Waals surface area contributed by atoms with Crippen molar-refractivity contribution in [2.75, 3.05) is 11.5 Å². The highest BCUT2D eigenvalue weighted by Gasteiger charge is 2.37. The molecule has 3 N–H and O–H groups in total. The molecule has 1 saturated heterocycles. The second-order valence-corrected chi connectivity index (χ2v) is 6.52. The first-order chi connectivity index (χ1) is 13.8. The van der Waals surface area contributed by atoms with Gasteiger partial charge in [-0.25, -0.2) is 9.69 Å². The Balaban J connectivity index is 2.00. The summed E-state index contributed by atoms with van der Waals surface area (Å²) in [6.07, 6.45) is 1.31. The molecule has 2 aromatic rings. The molecule has 2 aromatic carbocycles. The van der Waals surface area contributed by atoms with Crippen molar-refractivity contribution in [3.63, 3.8) is 0 Å². The SMILES string of the molecule is Cc1ccc(N2C(=O)NC(=O)/C(=C\c3ccccc3OCC(N)=O)C2=O)cc1C. The van der Waals surface area contributed by atoms with E-state index in [2.05, 4.69) is 5.32 Å². The molecule has 0 aliphatic carbocycles. The van der Waals surface area contributed by atoms with Gasteiger partial charge < -0.3 is 10.5 Å².